The first kappa shape index (κ1) is 15.2. The molecule has 0 atom stereocenters. The summed E-state index contributed by atoms with van der Waals surface area (Å²) < 4.78 is 0.528. The number of carbonyl (C=O) groups is 3. The second kappa shape index (κ2) is 6.33. The number of halogens is 1. The lowest BCUT2D eigenvalue weighted by molar-refractivity contribution is -0.140. The molecule has 1 amide bonds. The smallest absolute Gasteiger partial charge is 0.323 e. The third kappa shape index (κ3) is 4.06. The lowest BCUT2D eigenvalue weighted by Crippen LogP contribution is -2.39. The van der Waals surface area contributed by atoms with Gasteiger partial charge in [0.2, 0.25) is 0 Å². The average Bonchev–Trinajstić information content (AvgIpc) is 2.30. The van der Waals surface area contributed by atoms with Crippen LogP contribution in [0.1, 0.15) is 15.9 Å². The molecule has 19 heavy (non-hydrogen) atoms. The lowest BCUT2D eigenvalue weighted by Gasteiger charge is -2.19. The number of carbonyl (C=O) groups excluding carboxylic acids is 1. The molecule has 0 fully saturated rings. The van der Waals surface area contributed by atoms with Crippen molar-refractivity contribution >= 4 is 33.8 Å². The largest absolute Gasteiger partial charge is 0.480 e. The third-order valence-electron chi connectivity index (χ3n) is 2.36. The summed E-state index contributed by atoms with van der Waals surface area (Å²) in [5, 5.41) is 17.4. The number of carboxylic acid groups (broad SMARTS) is 2. The normalized spacial score (nSPS) is 10.0. The van der Waals surface area contributed by atoms with E-state index in [1.807, 2.05) is 0 Å². The molecule has 1 aromatic carbocycles. The van der Waals surface area contributed by atoms with Crippen molar-refractivity contribution in [1.82, 2.24) is 4.90 Å². The number of carboxylic acids is 2. The Kier molecular flexibility index (Phi) is 5.05. The summed E-state index contributed by atoms with van der Waals surface area (Å²) in [5.41, 5.74) is 1.04. The summed E-state index contributed by atoms with van der Waals surface area (Å²) >= 11 is 3.24. The minimum atomic E-state index is -1.27. The van der Waals surface area contributed by atoms with Gasteiger partial charge in [-0.2, -0.15) is 0 Å². The molecule has 0 spiro atoms. The van der Waals surface area contributed by atoms with Gasteiger partial charge in [0.15, 0.2) is 0 Å². The quantitative estimate of drug-likeness (QED) is 0.850. The molecule has 0 bridgehead atoms. The average molecular weight is 330 g/mol. The van der Waals surface area contributed by atoms with E-state index in [2.05, 4.69) is 15.9 Å². The summed E-state index contributed by atoms with van der Waals surface area (Å²) in [7, 11) is 0. The SMILES string of the molecule is Cc1cccc(C(=O)N(CC(=O)O)CC(=O)O)c1Br. The monoisotopic (exact) mass is 329 g/mol. The fourth-order valence-corrected chi connectivity index (χ4v) is 1.94. The van der Waals surface area contributed by atoms with Crippen LogP contribution in [-0.2, 0) is 9.59 Å². The highest BCUT2D eigenvalue weighted by atomic mass is 79.9. The molecule has 0 aromatic heterocycles. The lowest BCUT2D eigenvalue weighted by atomic mass is 10.1. The molecule has 0 saturated heterocycles. The van der Waals surface area contributed by atoms with Gasteiger partial charge in [-0.15, -0.1) is 0 Å². The van der Waals surface area contributed by atoms with Gasteiger partial charge in [0.1, 0.15) is 13.1 Å². The maximum atomic E-state index is 12.2. The zero-order valence-corrected chi connectivity index (χ0v) is 11.7. The zero-order valence-electron chi connectivity index (χ0n) is 10.1. The predicted octanol–water partition coefficient (Wildman–Crippen LogP) is 1.37. The Balaban J connectivity index is 3.07. The third-order valence-corrected chi connectivity index (χ3v) is 3.41. The number of rotatable bonds is 5. The molecule has 1 aromatic rings. The zero-order chi connectivity index (χ0) is 14.6. The summed E-state index contributed by atoms with van der Waals surface area (Å²) in [5.74, 6) is -3.17. The van der Waals surface area contributed by atoms with E-state index in [4.69, 9.17) is 10.2 Å². The molecule has 0 aliphatic carbocycles. The van der Waals surface area contributed by atoms with Gasteiger partial charge in [0.25, 0.3) is 5.91 Å². The maximum Gasteiger partial charge on any atom is 0.323 e. The number of nitrogens with zero attached hydrogens (tertiary/aromatic N) is 1. The van der Waals surface area contributed by atoms with E-state index in [0.29, 0.717) is 4.47 Å². The van der Waals surface area contributed by atoms with Crippen molar-refractivity contribution in [3.8, 4) is 0 Å². The van der Waals surface area contributed by atoms with E-state index in [1.165, 1.54) is 6.07 Å². The molecule has 7 heteroatoms. The van der Waals surface area contributed by atoms with Crippen molar-refractivity contribution in [3.63, 3.8) is 0 Å². The second-order valence-corrected chi connectivity index (χ2v) is 4.68. The molecule has 102 valence electrons. The Hall–Kier alpha value is -1.89. The minimum absolute atomic E-state index is 0.238. The Morgan fingerprint density at radius 2 is 1.68 bits per heavy atom. The number of benzene rings is 1. The van der Waals surface area contributed by atoms with Crippen LogP contribution in [-0.4, -0.2) is 46.0 Å². The van der Waals surface area contributed by atoms with E-state index in [-0.39, 0.29) is 5.56 Å². The molecule has 6 nitrogen and oxygen atoms in total. The molecule has 0 unspecified atom stereocenters. The molecule has 1 rings (SSSR count). The van der Waals surface area contributed by atoms with Gasteiger partial charge in [0, 0.05) is 4.47 Å². The van der Waals surface area contributed by atoms with Crippen LogP contribution in [0.2, 0.25) is 0 Å². The van der Waals surface area contributed by atoms with Crippen LogP contribution in [0.25, 0.3) is 0 Å². The van der Waals surface area contributed by atoms with Gasteiger partial charge < -0.3 is 15.1 Å². The van der Waals surface area contributed by atoms with Gasteiger partial charge in [-0.25, -0.2) is 0 Å². The maximum absolute atomic E-state index is 12.2. The van der Waals surface area contributed by atoms with Crippen LogP contribution < -0.4 is 0 Å². The minimum Gasteiger partial charge on any atom is -0.480 e. The first-order chi connectivity index (χ1) is 8.82. The van der Waals surface area contributed by atoms with Crippen molar-refractivity contribution in [2.24, 2.45) is 0 Å². The standard InChI is InChI=1S/C12H12BrNO5/c1-7-3-2-4-8(11(7)13)12(19)14(5-9(15)16)6-10(17)18/h2-4H,5-6H2,1H3,(H,15,16)(H,17,18). The molecular weight excluding hydrogens is 318 g/mol. The van der Waals surface area contributed by atoms with Gasteiger partial charge in [-0.1, -0.05) is 12.1 Å². The Morgan fingerprint density at radius 3 is 2.16 bits per heavy atom. The van der Waals surface area contributed by atoms with E-state index >= 15 is 0 Å². The van der Waals surface area contributed by atoms with Crippen LogP contribution in [0.4, 0.5) is 0 Å². The van der Waals surface area contributed by atoms with Crippen LogP contribution in [0, 0.1) is 6.92 Å². The second-order valence-electron chi connectivity index (χ2n) is 3.89. The first-order valence-corrected chi connectivity index (χ1v) is 6.10. The Morgan fingerprint density at radius 1 is 1.16 bits per heavy atom. The molecular formula is C12H12BrNO5. The number of hydrogen-bond acceptors (Lipinski definition) is 3. The number of amides is 1. The van der Waals surface area contributed by atoms with Crippen LogP contribution >= 0.6 is 15.9 Å². The van der Waals surface area contributed by atoms with Crippen LogP contribution in [0.3, 0.4) is 0 Å². The van der Waals surface area contributed by atoms with Crippen molar-refractivity contribution in [2.45, 2.75) is 6.92 Å². The number of aliphatic carboxylic acids is 2. The molecule has 0 saturated carbocycles. The van der Waals surface area contributed by atoms with Gasteiger partial charge in [-0.05, 0) is 34.5 Å². The van der Waals surface area contributed by atoms with Gasteiger partial charge in [0.05, 0.1) is 5.56 Å². The van der Waals surface area contributed by atoms with E-state index in [9.17, 15) is 14.4 Å². The molecule has 0 radical (unpaired) electrons. The highest BCUT2D eigenvalue weighted by molar-refractivity contribution is 9.10. The van der Waals surface area contributed by atoms with E-state index in [1.54, 1.807) is 19.1 Å². The summed E-state index contributed by atoms with van der Waals surface area (Å²) in [6.45, 7) is 0.455. The highest BCUT2D eigenvalue weighted by Gasteiger charge is 2.23. The fraction of sp³-hybridized carbons (Fsp3) is 0.250. The highest BCUT2D eigenvalue weighted by Crippen LogP contribution is 2.22. The topological polar surface area (TPSA) is 94.9 Å². The van der Waals surface area contributed by atoms with Crippen LogP contribution in [0.15, 0.2) is 22.7 Å². The number of hydrogen-bond donors (Lipinski definition) is 2. The summed E-state index contributed by atoms with van der Waals surface area (Å²) in [6.07, 6.45) is 0. The van der Waals surface area contributed by atoms with E-state index < -0.39 is 30.9 Å². The first-order valence-electron chi connectivity index (χ1n) is 5.31. The molecule has 2 N–H and O–H groups in total. The molecule has 0 aliphatic heterocycles. The molecule has 0 aliphatic rings. The molecule has 0 heterocycles. The number of aryl methyl sites for hydroxylation is 1. The van der Waals surface area contributed by atoms with Gasteiger partial charge >= 0.3 is 11.9 Å². The Labute approximate surface area is 117 Å². The van der Waals surface area contributed by atoms with Crippen molar-refractivity contribution < 1.29 is 24.6 Å². The van der Waals surface area contributed by atoms with Crippen molar-refractivity contribution in [3.05, 3.63) is 33.8 Å². The van der Waals surface area contributed by atoms with E-state index in [0.717, 1.165) is 10.5 Å². The van der Waals surface area contributed by atoms with Gasteiger partial charge in [-0.3, -0.25) is 14.4 Å². The van der Waals surface area contributed by atoms with Crippen LogP contribution in [0.5, 0.6) is 0 Å². The predicted molar refractivity (Wildman–Crippen MR) is 70.1 cm³/mol. The van der Waals surface area contributed by atoms with Crippen molar-refractivity contribution in [1.29, 1.82) is 0 Å². The summed E-state index contributed by atoms with van der Waals surface area (Å²) in [6, 6.07) is 4.93. The summed E-state index contributed by atoms with van der Waals surface area (Å²) in [4.78, 5) is 34.3. The fourth-order valence-electron chi connectivity index (χ4n) is 1.51. The van der Waals surface area contributed by atoms with Crippen molar-refractivity contribution in [2.75, 3.05) is 13.1 Å². The Bertz CT molecular complexity index is 513.